The molecule has 368 valence electrons. The minimum atomic E-state index is -5.32. The molecule has 9 atom stereocenters. The number of carbonyl (C=O) groups is 3. The zero-order valence-corrected chi connectivity index (χ0v) is 43.4. The number of halogens is 6. The molecule has 1 heterocycles. The Morgan fingerprint density at radius 2 is 1.38 bits per heavy atom. The molecule has 3 fully saturated rings. The van der Waals surface area contributed by atoms with Gasteiger partial charge in [-0.2, -0.15) is 26.3 Å². The van der Waals surface area contributed by atoms with E-state index in [1.54, 1.807) is 20.8 Å². The van der Waals surface area contributed by atoms with Gasteiger partial charge in [0.05, 0.1) is 46.8 Å². The van der Waals surface area contributed by atoms with Crippen LogP contribution in [0.15, 0.2) is 29.3 Å². The van der Waals surface area contributed by atoms with Gasteiger partial charge in [0.1, 0.15) is 23.9 Å². The standard InChI is InChI=1S/C46H70F6O10Si3/c1-15-64(16-2,17-3)61-33-24-34-43(26-57-34,59-28(8)53)37-39(58-40(55)30-23-29(45(47,48)49)21-22-31(30)46(50,51)52)44(56)25-32(60-63(12,13)14)27(7)35(41(44,9)10)36(38(54)42(33,37)11)62-65(18-4,19-5)20-6/h21-23,32-34,36-37,39,56H,15-20,24-26H2,1-14H3/t32-,33-,34+,36+,37-,39-,42+,43-,44+/m0/s1. The summed E-state index contributed by atoms with van der Waals surface area (Å²) in [5.74, 6) is -4.78. The van der Waals surface area contributed by atoms with E-state index in [4.69, 9.17) is 27.5 Å². The molecule has 2 saturated carbocycles. The van der Waals surface area contributed by atoms with E-state index < -0.39 is 130 Å². The van der Waals surface area contributed by atoms with Crippen LogP contribution >= 0.6 is 0 Å². The van der Waals surface area contributed by atoms with Crippen LogP contribution in [0.4, 0.5) is 26.3 Å². The number of hydrogen-bond acceptors (Lipinski definition) is 10. The van der Waals surface area contributed by atoms with Crippen molar-refractivity contribution in [3.8, 4) is 0 Å². The van der Waals surface area contributed by atoms with Crippen molar-refractivity contribution in [2.24, 2.45) is 16.7 Å². The lowest BCUT2D eigenvalue weighted by Crippen LogP contribution is -2.82. The number of alkyl halides is 6. The van der Waals surface area contributed by atoms with Crippen LogP contribution in [0.2, 0.25) is 55.9 Å². The molecule has 19 heteroatoms. The van der Waals surface area contributed by atoms with Crippen LogP contribution in [0.5, 0.6) is 0 Å². The van der Waals surface area contributed by atoms with Crippen molar-refractivity contribution in [1.29, 1.82) is 0 Å². The molecule has 1 saturated heterocycles. The molecule has 0 amide bonds. The Bertz CT molecular complexity index is 1990. The molecule has 1 aliphatic heterocycles. The monoisotopic (exact) mass is 980 g/mol. The number of ketones is 1. The Hall–Kier alpha value is -2.40. The second kappa shape index (κ2) is 18.2. The van der Waals surface area contributed by atoms with E-state index >= 15 is 4.79 Å². The molecular formula is C46H70F6O10Si3. The largest absolute Gasteiger partial charge is 0.455 e. The maximum atomic E-state index is 16.7. The highest BCUT2D eigenvalue weighted by Gasteiger charge is 2.79. The van der Waals surface area contributed by atoms with E-state index in [0.717, 1.165) is 6.92 Å². The topological polar surface area (TPSA) is 127 Å². The van der Waals surface area contributed by atoms with Gasteiger partial charge in [0.15, 0.2) is 36.3 Å². The lowest BCUT2D eigenvalue weighted by molar-refractivity contribution is -0.344. The van der Waals surface area contributed by atoms with Gasteiger partial charge in [-0.1, -0.05) is 55.4 Å². The molecule has 1 aromatic carbocycles. The number of carbonyl (C=O) groups excluding carboxylic acids is 3. The fraction of sp³-hybridized carbons (Fsp3) is 0.761. The summed E-state index contributed by atoms with van der Waals surface area (Å²) in [6.45, 7) is 25.3. The predicted molar refractivity (Wildman–Crippen MR) is 240 cm³/mol. The Morgan fingerprint density at radius 1 is 0.846 bits per heavy atom. The van der Waals surface area contributed by atoms with Crippen LogP contribution in [-0.4, -0.2) is 96.1 Å². The van der Waals surface area contributed by atoms with E-state index in [1.807, 2.05) is 68.1 Å². The summed E-state index contributed by atoms with van der Waals surface area (Å²) in [7, 11) is -8.08. The summed E-state index contributed by atoms with van der Waals surface area (Å²) in [5, 5.41) is 14.1. The minimum Gasteiger partial charge on any atom is -0.455 e. The zero-order valence-electron chi connectivity index (χ0n) is 40.4. The first-order valence-corrected chi connectivity index (χ1v) is 31.6. The second-order valence-electron chi connectivity index (χ2n) is 20.5. The van der Waals surface area contributed by atoms with Crippen LogP contribution in [0.3, 0.4) is 0 Å². The van der Waals surface area contributed by atoms with Crippen LogP contribution in [-0.2, 0) is 49.4 Å². The van der Waals surface area contributed by atoms with Crippen molar-refractivity contribution in [2.45, 2.75) is 199 Å². The minimum absolute atomic E-state index is 0.0130. The fourth-order valence-electron chi connectivity index (χ4n) is 11.5. The number of rotatable bonds is 15. The van der Waals surface area contributed by atoms with Gasteiger partial charge in [0, 0.05) is 25.2 Å². The molecule has 10 nitrogen and oxygen atoms in total. The van der Waals surface area contributed by atoms with Crippen molar-refractivity contribution in [3.05, 3.63) is 46.0 Å². The number of ether oxygens (including phenoxy) is 3. The number of aliphatic hydroxyl groups is 1. The molecule has 0 spiro atoms. The summed E-state index contributed by atoms with van der Waals surface area (Å²) >= 11 is 0. The maximum Gasteiger partial charge on any atom is 0.417 e. The molecule has 2 bridgehead atoms. The van der Waals surface area contributed by atoms with Crippen LogP contribution in [0.25, 0.3) is 0 Å². The van der Waals surface area contributed by atoms with Crippen LogP contribution in [0, 0.1) is 16.7 Å². The van der Waals surface area contributed by atoms with E-state index in [1.165, 1.54) is 0 Å². The Balaban J connectivity index is 1.99. The van der Waals surface area contributed by atoms with Gasteiger partial charge in [-0.05, 0) is 99.1 Å². The Labute approximate surface area is 383 Å². The van der Waals surface area contributed by atoms with Gasteiger partial charge in [-0.15, -0.1) is 0 Å². The molecule has 0 radical (unpaired) electrons. The first-order valence-electron chi connectivity index (χ1n) is 23.1. The average Bonchev–Trinajstić information content (AvgIpc) is 3.20. The average molecular weight is 981 g/mol. The molecule has 5 rings (SSSR count). The number of Topliss-reactive ketones (excluding diaryl/α,β-unsaturated/α-hetero) is 1. The van der Waals surface area contributed by atoms with Crippen molar-refractivity contribution in [3.63, 3.8) is 0 Å². The maximum absolute atomic E-state index is 16.7. The summed E-state index contributed by atoms with van der Waals surface area (Å²) in [6.07, 6.45) is -17.2. The number of esters is 2. The van der Waals surface area contributed by atoms with Gasteiger partial charge in [0.2, 0.25) is 0 Å². The molecule has 65 heavy (non-hydrogen) atoms. The Kier molecular flexibility index (Phi) is 15.0. The van der Waals surface area contributed by atoms with Crippen LogP contribution in [0.1, 0.15) is 110 Å². The highest BCUT2D eigenvalue weighted by atomic mass is 28.4. The van der Waals surface area contributed by atoms with Crippen molar-refractivity contribution in [2.75, 3.05) is 6.61 Å². The van der Waals surface area contributed by atoms with E-state index in [0.29, 0.717) is 47.4 Å². The molecule has 1 aromatic rings. The first kappa shape index (κ1) is 53.6. The van der Waals surface area contributed by atoms with E-state index in [-0.39, 0.29) is 37.6 Å². The molecular weight excluding hydrogens is 911 g/mol. The van der Waals surface area contributed by atoms with Gasteiger partial charge >= 0.3 is 24.3 Å². The van der Waals surface area contributed by atoms with Gasteiger partial charge in [-0.25, -0.2) is 4.79 Å². The first-order chi connectivity index (χ1) is 29.8. The molecule has 1 N–H and O–H groups in total. The predicted octanol–water partition coefficient (Wildman–Crippen LogP) is 11.0. The molecule has 0 aromatic heterocycles. The molecule has 4 aliphatic rings. The third-order valence-corrected chi connectivity index (χ3v) is 26.1. The number of benzene rings is 1. The lowest BCUT2D eigenvalue weighted by atomic mass is 9.44. The molecule has 0 unspecified atom stereocenters. The summed E-state index contributed by atoms with van der Waals surface area (Å²) in [6, 6.07) is 4.26. The zero-order chi connectivity index (χ0) is 49.3. The quantitative estimate of drug-likeness (QED) is 0.0785. The summed E-state index contributed by atoms with van der Waals surface area (Å²) < 4.78 is 127. The van der Waals surface area contributed by atoms with Crippen molar-refractivity contribution >= 4 is 42.7 Å². The highest BCUT2D eigenvalue weighted by molar-refractivity contribution is 6.74. The fourth-order valence-corrected chi connectivity index (χ4v) is 18.3. The normalized spacial score (nSPS) is 31.9. The van der Waals surface area contributed by atoms with Gasteiger partial charge in [-0.3, -0.25) is 9.59 Å². The van der Waals surface area contributed by atoms with Crippen molar-refractivity contribution in [1.82, 2.24) is 0 Å². The van der Waals surface area contributed by atoms with E-state index in [9.17, 15) is 41.0 Å². The summed E-state index contributed by atoms with van der Waals surface area (Å²) in [5.41, 5.74) is -11.5. The lowest BCUT2D eigenvalue weighted by Gasteiger charge is -2.68. The molecule has 3 aliphatic carbocycles. The SMILES string of the molecule is CC[Si](CC)(CC)O[C@H]1C(=O)[C@]2(C)[C@@H](O[Si](CC)(CC)CC)C[C@H]3OC[C@@]3(OC(C)=O)[C@H]2[C@H](OC(=O)c2cc(C(F)(F)F)ccc2C(F)(F)F)[C@]2(O)C[C@H](O[Si](C)(C)C)C(C)=C1C2(C)C. The van der Waals surface area contributed by atoms with Crippen LogP contribution < -0.4 is 0 Å². The third-order valence-electron chi connectivity index (χ3n) is 15.9. The Morgan fingerprint density at radius 3 is 1.83 bits per heavy atom. The van der Waals surface area contributed by atoms with Gasteiger partial charge in [0.25, 0.3) is 0 Å². The smallest absolute Gasteiger partial charge is 0.417 e. The number of fused-ring (bicyclic) bond motifs is 5. The third kappa shape index (κ3) is 9.16. The van der Waals surface area contributed by atoms with Crippen molar-refractivity contribution < 1.29 is 73.3 Å². The highest BCUT2D eigenvalue weighted by Crippen LogP contribution is 2.65. The van der Waals surface area contributed by atoms with E-state index in [2.05, 4.69) is 0 Å². The number of hydrogen-bond donors (Lipinski definition) is 1. The summed E-state index contributed by atoms with van der Waals surface area (Å²) in [4.78, 5) is 45.0. The second-order valence-corrected chi connectivity index (χ2v) is 34.4. The van der Waals surface area contributed by atoms with Gasteiger partial charge < -0.3 is 32.6 Å².